The number of aromatic nitrogens is 4. The van der Waals surface area contributed by atoms with E-state index in [2.05, 4.69) is 37.5 Å². The Morgan fingerprint density at radius 3 is 1.58 bits per heavy atom. The zero-order chi connectivity index (χ0) is 39.2. The van der Waals surface area contributed by atoms with E-state index in [0.29, 0.717) is 46.9 Å². The number of hydrogen-bond acceptors (Lipinski definition) is 9. The molecule has 0 aliphatic heterocycles. The van der Waals surface area contributed by atoms with Crippen LogP contribution in [0.25, 0.3) is 21.8 Å². The molecular formula is C46H44N6O5. The number of nitrogens with zero attached hydrogens (tertiary/aromatic N) is 4. The Labute approximate surface area is 331 Å². The van der Waals surface area contributed by atoms with Gasteiger partial charge in [-0.05, 0) is 73.2 Å². The molecule has 4 heterocycles. The zero-order valence-electron chi connectivity index (χ0n) is 31.8. The van der Waals surface area contributed by atoms with Crippen molar-refractivity contribution in [3.8, 4) is 17.2 Å². The molecule has 0 fully saturated rings. The summed E-state index contributed by atoms with van der Waals surface area (Å²) in [6.45, 7) is 3.00. The number of fused-ring (bicyclic) bond motifs is 2. The van der Waals surface area contributed by atoms with E-state index in [9.17, 15) is 9.59 Å². The van der Waals surface area contributed by atoms with E-state index in [4.69, 9.17) is 14.2 Å². The molecule has 288 valence electrons. The van der Waals surface area contributed by atoms with Gasteiger partial charge in [0.1, 0.15) is 53.1 Å². The van der Waals surface area contributed by atoms with Crippen LogP contribution in [0.2, 0.25) is 0 Å². The SMILES string of the molecule is CCCCCCCCOc1cc(C(=O)Nc2cccc(COc3cccc4cccnc34)n2)cc(C(=O)Nc2cccc(COc3cccc4cccnc34)n2)c1. The summed E-state index contributed by atoms with van der Waals surface area (Å²) in [6, 6.07) is 34.7. The molecule has 7 aromatic rings. The number of unbranched alkanes of at least 4 members (excludes halogenated alkanes) is 5. The molecule has 3 aromatic carbocycles. The van der Waals surface area contributed by atoms with Crippen molar-refractivity contribution in [3.05, 3.63) is 150 Å². The van der Waals surface area contributed by atoms with Crippen LogP contribution in [0.3, 0.4) is 0 Å². The quantitative estimate of drug-likeness (QED) is 0.0819. The maximum absolute atomic E-state index is 13.7. The molecule has 57 heavy (non-hydrogen) atoms. The van der Waals surface area contributed by atoms with Gasteiger partial charge in [0.15, 0.2) is 0 Å². The lowest BCUT2D eigenvalue weighted by molar-refractivity contribution is 0.102. The molecule has 11 nitrogen and oxygen atoms in total. The van der Waals surface area contributed by atoms with Gasteiger partial charge in [-0.1, -0.05) is 87.6 Å². The highest BCUT2D eigenvalue weighted by atomic mass is 16.5. The molecule has 0 bridgehead atoms. The van der Waals surface area contributed by atoms with Crippen molar-refractivity contribution in [2.45, 2.75) is 58.7 Å². The largest absolute Gasteiger partial charge is 0.494 e. The van der Waals surface area contributed by atoms with Gasteiger partial charge >= 0.3 is 0 Å². The van der Waals surface area contributed by atoms with Gasteiger partial charge < -0.3 is 24.8 Å². The highest BCUT2D eigenvalue weighted by Crippen LogP contribution is 2.26. The summed E-state index contributed by atoms with van der Waals surface area (Å²) >= 11 is 0. The van der Waals surface area contributed by atoms with Gasteiger partial charge in [0, 0.05) is 34.3 Å². The van der Waals surface area contributed by atoms with Crippen molar-refractivity contribution in [3.63, 3.8) is 0 Å². The fraction of sp³-hybridized carbons (Fsp3) is 0.217. The predicted octanol–water partition coefficient (Wildman–Crippen LogP) is 9.97. The lowest BCUT2D eigenvalue weighted by atomic mass is 10.1. The molecule has 2 N–H and O–H groups in total. The lowest BCUT2D eigenvalue weighted by Crippen LogP contribution is -2.17. The molecule has 0 aliphatic carbocycles. The van der Waals surface area contributed by atoms with Crippen LogP contribution >= 0.6 is 0 Å². The number of nitrogens with one attached hydrogen (secondary N) is 2. The first-order chi connectivity index (χ1) is 28.0. The molecule has 0 saturated carbocycles. The number of rotatable bonds is 18. The van der Waals surface area contributed by atoms with E-state index in [1.165, 1.54) is 25.3 Å². The Morgan fingerprint density at radius 1 is 0.544 bits per heavy atom. The fourth-order valence-electron chi connectivity index (χ4n) is 6.34. The highest BCUT2D eigenvalue weighted by molar-refractivity contribution is 6.08. The molecule has 0 saturated heterocycles. The van der Waals surface area contributed by atoms with E-state index >= 15 is 0 Å². The van der Waals surface area contributed by atoms with Crippen molar-refractivity contribution in [2.24, 2.45) is 0 Å². The minimum absolute atomic E-state index is 0.174. The predicted molar refractivity (Wildman–Crippen MR) is 222 cm³/mol. The number of carbonyl (C=O) groups excluding carboxylic acids is 2. The smallest absolute Gasteiger partial charge is 0.256 e. The maximum atomic E-state index is 13.7. The van der Waals surface area contributed by atoms with E-state index in [1.807, 2.05) is 72.8 Å². The molecule has 7 rings (SSSR count). The number of hydrogen-bond donors (Lipinski definition) is 2. The minimum Gasteiger partial charge on any atom is -0.494 e. The molecular weight excluding hydrogens is 717 g/mol. The Balaban J connectivity index is 1.04. The summed E-state index contributed by atoms with van der Waals surface area (Å²) in [5, 5.41) is 7.70. The van der Waals surface area contributed by atoms with Crippen LogP contribution in [0, 0.1) is 0 Å². The number of benzene rings is 3. The second-order valence-corrected chi connectivity index (χ2v) is 13.5. The van der Waals surface area contributed by atoms with Gasteiger partial charge in [-0.15, -0.1) is 0 Å². The molecule has 0 aliphatic rings. The molecule has 2 amide bonds. The second-order valence-electron chi connectivity index (χ2n) is 13.5. The summed E-state index contributed by atoms with van der Waals surface area (Å²) in [5.41, 5.74) is 3.23. The third-order valence-corrected chi connectivity index (χ3v) is 9.24. The average Bonchev–Trinajstić information content (AvgIpc) is 3.24. The van der Waals surface area contributed by atoms with Gasteiger partial charge in [0.2, 0.25) is 0 Å². The number of anilines is 2. The van der Waals surface area contributed by atoms with Gasteiger partial charge in [-0.2, -0.15) is 0 Å². The third-order valence-electron chi connectivity index (χ3n) is 9.24. The number of carbonyl (C=O) groups is 2. The van der Waals surface area contributed by atoms with Crippen molar-refractivity contribution < 1.29 is 23.8 Å². The Morgan fingerprint density at radius 2 is 1.04 bits per heavy atom. The number of ether oxygens (including phenoxy) is 3. The summed E-state index contributed by atoms with van der Waals surface area (Å²) in [7, 11) is 0. The fourth-order valence-corrected chi connectivity index (χ4v) is 6.34. The van der Waals surface area contributed by atoms with Gasteiger partial charge in [0.25, 0.3) is 11.8 Å². The van der Waals surface area contributed by atoms with Crippen molar-refractivity contribution in [1.29, 1.82) is 0 Å². The lowest BCUT2D eigenvalue weighted by Gasteiger charge is -2.13. The Hall–Kier alpha value is -6.88. The Bertz CT molecular complexity index is 2300. The van der Waals surface area contributed by atoms with Gasteiger partial charge in [-0.3, -0.25) is 19.6 Å². The first kappa shape index (κ1) is 38.4. The van der Waals surface area contributed by atoms with Crippen LogP contribution < -0.4 is 24.8 Å². The van der Waals surface area contributed by atoms with E-state index < -0.39 is 11.8 Å². The maximum Gasteiger partial charge on any atom is 0.256 e. The van der Waals surface area contributed by atoms with Crippen LogP contribution in [0.15, 0.2) is 128 Å². The monoisotopic (exact) mass is 760 g/mol. The summed E-state index contributed by atoms with van der Waals surface area (Å²) in [5.74, 6) is 1.48. The van der Waals surface area contributed by atoms with Gasteiger partial charge in [-0.25, -0.2) is 9.97 Å². The molecule has 0 spiro atoms. The number of para-hydroxylation sites is 2. The van der Waals surface area contributed by atoms with Crippen molar-refractivity contribution >= 4 is 45.3 Å². The van der Waals surface area contributed by atoms with Crippen LogP contribution in [0.5, 0.6) is 17.2 Å². The van der Waals surface area contributed by atoms with Crippen LogP contribution in [0.4, 0.5) is 11.6 Å². The second kappa shape index (κ2) is 19.1. The Kier molecular flexibility index (Phi) is 12.9. The summed E-state index contributed by atoms with van der Waals surface area (Å²) < 4.78 is 18.3. The average molecular weight is 761 g/mol. The standard InChI is InChI=1S/C46H44N6O5/c1-2-3-4-5-6-7-26-55-38-28-34(45(53)51-41-22-10-18-36(49-41)30-56-39-20-8-14-32-16-12-24-47-43(32)39)27-35(29-38)46(54)52-42-23-11-19-37(50-42)31-57-40-21-9-15-33-17-13-25-48-44(33)40/h8-25,27-29H,2-7,26,30-31H2,1H3,(H,49,51,53)(H,50,52,54). The third kappa shape index (κ3) is 10.5. The molecule has 11 heteroatoms. The van der Waals surface area contributed by atoms with Gasteiger partial charge in [0.05, 0.1) is 18.0 Å². The van der Waals surface area contributed by atoms with E-state index in [1.54, 1.807) is 48.8 Å². The first-order valence-corrected chi connectivity index (χ1v) is 19.3. The zero-order valence-corrected chi connectivity index (χ0v) is 31.8. The summed E-state index contributed by atoms with van der Waals surface area (Å²) in [4.78, 5) is 45.6. The first-order valence-electron chi connectivity index (χ1n) is 19.3. The highest BCUT2D eigenvalue weighted by Gasteiger charge is 2.16. The number of pyridine rings is 4. The molecule has 4 aromatic heterocycles. The molecule has 0 unspecified atom stereocenters. The minimum atomic E-state index is -0.446. The normalized spacial score (nSPS) is 11.0. The van der Waals surface area contributed by atoms with Crippen LogP contribution in [-0.2, 0) is 13.2 Å². The van der Waals surface area contributed by atoms with E-state index in [-0.39, 0.29) is 24.3 Å². The molecule has 0 radical (unpaired) electrons. The van der Waals surface area contributed by atoms with Crippen molar-refractivity contribution in [1.82, 2.24) is 19.9 Å². The molecule has 0 atom stereocenters. The summed E-state index contributed by atoms with van der Waals surface area (Å²) in [6.07, 6.45) is 10.1. The number of amides is 2. The van der Waals surface area contributed by atoms with Crippen LogP contribution in [0.1, 0.15) is 77.6 Å². The van der Waals surface area contributed by atoms with Crippen LogP contribution in [-0.4, -0.2) is 38.4 Å². The van der Waals surface area contributed by atoms with E-state index in [0.717, 1.165) is 41.1 Å². The topological polar surface area (TPSA) is 137 Å². The van der Waals surface area contributed by atoms with Crippen molar-refractivity contribution in [2.75, 3.05) is 17.2 Å².